The lowest BCUT2D eigenvalue weighted by atomic mass is 9.89. The Balaban J connectivity index is 1.61. The summed E-state index contributed by atoms with van der Waals surface area (Å²) in [5.41, 5.74) is 6.29. The predicted molar refractivity (Wildman–Crippen MR) is 128 cm³/mol. The molecule has 5 aromatic rings. The van der Waals surface area contributed by atoms with Crippen LogP contribution in [-0.4, -0.2) is 5.71 Å². The second kappa shape index (κ2) is 7.61. The number of benzene rings is 5. The van der Waals surface area contributed by atoms with E-state index in [0.717, 1.165) is 22.9 Å². The van der Waals surface area contributed by atoms with Crippen molar-refractivity contribution in [1.29, 1.82) is 5.41 Å². The fourth-order valence-corrected chi connectivity index (χ4v) is 4.38. The third-order valence-electron chi connectivity index (χ3n) is 5.96. The van der Waals surface area contributed by atoms with Gasteiger partial charge in [-0.3, -0.25) is 5.41 Å². The van der Waals surface area contributed by atoms with Crippen molar-refractivity contribution in [3.05, 3.63) is 131 Å². The molecule has 0 saturated carbocycles. The van der Waals surface area contributed by atoms with Crippen molar-refractivity contribution in [3.63, 3.8) is 0 Å². The van der Waals surface area contributed by atoms with Gasteiger partial charge in [0.05, 0.1) is 5.71 Å². The van der Waals surface area contributed by atoms with Crippen LogP contribution in [-0.2, 0) is 6.42 Å². The smallest absolute Gasteiger partial charge is 0.0693 e. The van der Waals surface area contributed by atoms with Crippen molar-refractivity contribution < 1.29 is 0 Å². The van der Waals surface area contributed by atoms with E-state index < -0.39 is 0 Å². The van der Waals surface area contributed by atoms with Gasteiger partial charge in [0.1, 0.15) is 0 Å². The average Bonchev–Trinajstić information content (AvgIpc) is 2.80. The SMILES string of the molecule is Cc1ccc(C(=N)c2ccccc2Cc2cccc3ccccc23)c2ccccc12. The first-order valence-electron chi connectivity index (χ1n) is 10.3. The van der Waals surface area contributed by atoms with Crippen molar-refractivity contribution in [3.8, 4) is 0 Å². The van der Waals surface area contributed by atoms with Gasteiger partial charge >= 0.3 is 0 Å². The van der Waals surface area contributed by atoms with Crippen molar-refractivity contribution in [2.75, 3.05) is 0 Å². The molecule has 0 unspecified atom stereocenters. The molecule has 0 radical (unpaired) electrons. The van der Waals surface area contributed by atoms with E-state index in [4.69, 9.17) is 5.41 Å². The minimum atomic E-state index is 0.585. The first-order valence-corrected chi connectivity index (χ1v) is 10.3. The molecule has 0 saturated heterocycles. The Morgan fingerprint density at radius 1 is 0.567 bits per heavy atom. The van der Waals surface area contributed by atoms with Gasteiger partial charge in [-0.05, 0) is 51.6 Å². The Labute approximate surface area is 177 Å². The summed E-state index contributed by atoms with van der Waals surface area (Å²) in [4.78, 5) is 0. The summed E-state index contributed by atoms with van der Waals surface area (Å²) in [7, 11) is 0. The zero-order chi connectivity index (χ0) is 20.5. The van der Waals surface area contributed by atoms with Crippen molar-refractivity contribution in [2.24, 2.45) is 0 Å². The molecule has 0 aliphatic rings. The lowest BCUT2D eigenvalue weighted by molar-refractivity contribution is 1.20. The number of hydrogen-bond acceptors (Lipinski definition) is 1. The molecule has 5 rings (SSSR count). The molecule has 0 fully saturated rings. The summed E-state index contributed by atoms with van der Waals surface area (Å²) >= 11 is 0. The summed E-state index contributed by atoms with van der Waals surface area (Å²) in [6, 6.07) is 36.0. The standard InChI is InChI=1S/C29H23N/c1-20-17-18-28(27-16-7-6-13-24(20)27)29(30)26-15-5-3-10-23(26)19-22-12-8-11-21-9-2-4-14-25(21)22/h2-18,30H,19H2,1H3. The maximum Gasteiger partial charge on any atom is 0.0693 e. The van der Waals surface area contributed by atoms with Gasteiger partial charge in [0.25, 0.3) is 0 Å². The van der Waals surface area contributed by atoms with Gasteiger partial charge in [0.15, 0.2) is 0 Å². The van der Waals surface area contributed by atoms with Gasteiger partial charge in [-0.1, -0.05) is 103 Å². The summed E-state index contributed by atoms with van der Waals surface area (Å²) in [6.07, 6.45) is 0.809. The maximum absolute atomic E-state index is 9.09. The summed E-state index contributed by atoms with van der Waals surface area (Å²) < 4.78 is 0. The van der Waals surface area contributed by atoms with Crippen LogP contribution in [0.25, 0.3) is 21.5 Å². The van der Waals surface area contributed by atoms with Gasteiger partial charge in [0, 0.05) is 11.1 Å². The Hall–Kier alpha value is -3.71. The van der Waals surface area contributed by atoms with E-state index in [9.17, 15) is 0 Å². The van der Waals surface area contributed by atoms with Crippen LogP contribution in [0.4, 0.5) is 0 Å². The van der Waals surface area contributed by atoms with Gasteiger partial charge < -0.3 is 0 Å². The van der Waals surface area contributed by atoms with Gasteiger partial charge in [-0.2, -0.15) is 0 Å². The Kier molecular flexibility index (Phi) is 4.65. The summed E-state index contributed by atoms with van der Waals surface area (Å²) in [5.74, 6) is 0. The van der Waals surface area contributed by atoms with Gasteiger partial charge in [0.2, 0.25) is 0 Å². The predicted octanol–water partition coefficient (Wildman–Crippen LogP) is 7.31. The number of fused-ring (bicyclic) bond motifs is 2. The fraction of sp³-hybridized carbons (Fsp3) is 0.0690. The molecule has 0 atom stereocenters. The largest absolute Gasteiger partial charge is 0.300 e. The van der Waals surface area contributed by atoms with Crippen LogP contribution in [0.5, 0.6) is 0 Å². The third kappa shape index (κ3) is 3.19. The molecule has 1 heteroatoms. The number of nitrogens with one attached hydrogen (secondary N) is 1. The highest BCUT2D eigenvalue weighted by Crippen LogP contribution is 2.27. The number of rotatable bonds is 4. The zero-order valence-corrected chi connectivity index (χ0v) is 17.0. The van der Waals surface area contributed by atoms with E-state index in [0.29, 0.717) is 5.71 Å². The highest BCUT2D eigenvalue weighted by molar-refractivity contribution is 6.18. The van der Waals surface area contributed by atoms with E-state index in [2.05, 4.69) is 104 Å². The lowest BCUT2D eigenvalue weighted by Crippen LogP contribution is -2.07. The number of aryl methyl sites for hydroxylation is 1. The molecule has 0 amide bonds. The zero-order valence-electron chi connectivity index (χ0n) is 17.0. The topological polar surface area (TPSA) is 23.9 Å². The molecule has 1 N–H and O–H groups in total. The lowest BCUT2D eigenvalue weighted by Gasteiger charge is -2.15. The maximum atomic E-state index is 9.09. The molecule has 0 aliphatic carbocycles. The van der Waals surface area contributed by atoms with Crippen LogP contribution < -0.4 is 0 Å². The normalized spacial score (nSPS) is 11.1. The fourth-order valence-electron chi connectivity index (χ4n) is 4.38. The molecule has 144 valence electrons. The Bertz CT molecular complexity index is 1390. The summed E-state index contributed by atoms with van der Waals surface area (Å²) in [6.45, 7) is 2.13. The van der Waals surface area contributed by atoms with Crippen molar-refractivity contribution >= 4 is 27.3 Å². The Morgan fingerprint density at radius 2 is 1.20 bits per heavy atom. The molecule has 1 nitrogen and oxygen atoms in total. The molecule has 30 heavy (non-hydrogen) atoms. The van der Waals surface area contributed by atoms with Crippen LogP contribution in [0.15, 0.2) is 103 Å². The highest BCUT2D eigenvalue weighted by atomic mass is 14.4. The first kappa shape index (κ1) is 18.3. The second-order valence-corrected chi connectivity index (χ2v) is 7.82. The molecule has 0 spiro atoms. The molecule has 5 aromatic carbocycles. The van der Waals surface area contributed by atoms with Crippen LogP contribution in [0.3, 0.4) is 0 Å². The van der Waals surface area contributed by atoms with Gasteiger partial charge in [-0.15, -0.1) is 0 Å². The first-order chi connectivity index (χ1) is 14.7. The van der Waals surface area contributed by atoms with Crippen molar-refractivity contribution in [2.45, 2.75) is 13.3 Å². The average molecular weight is 386 g/mol. The van der Waals surface area contributed by atoms with E-state index in [1.807, 2.05) is 6.07 Å². The van der Waals surface area contributed by atoms with Crippen molar-refractivity contribution in [1.82, 2.24) is 0 Å². The molecule has 0 bridgehead atoms. The van der Waals surface area contributed by atoms with E-state index >= 15 is 0 Å². The molecule has 0 aromatic heterocycles. The molecular formula is C29H23N. The van der Waals surface area contributed by atoms with Gasteiger partial charge in [-0.25, -0.2) is 0 Å². The molecule has 0 heterocycles. The van der Waals surface area contributed by atoms with Crippen LogP contribution in [0.1, 0.15) is 27.8 Å². The van der Waals surface area contributed by atoms with Crippen LogP contribution >= 0.6 is 0 Å². The minimum Gasteiger partial charge on any atom is -0.300 e. The van der Waals surface area contributed by atoms with Crippen LogP contribution in [0, 0.1) is 12.3 Å². The van der Waals surface area contributed by atoms with Crippen LogP contribution in [0.2, 0.25) is 0 Å². The quantitative estimate of drug-likeness (QED) is 0.314. The third-order valence-corrected chi connectivity index (χ3v) is 5.96. The molecule has 0 aliphatic heterocycles. The number of hydrogen-bond donors (Lipinski definition) is 1. The van der Waals surface area contributed by atoms with E-state index in [1.54, 1.807) is 0 Å². The van der Waals surface area contributed by atoms with E-state index in [-0.39, 0.29) is 0 Å². The minimum absolute atomic E-state index is 0.585. The van der Waals surface area contributed by atoms with E-state index in [1.165, 1.54) is 32.8 Å². The Morgan fingerprint density at radius 3 is 2.07 bits per heavy atom. The monoisotopic (exact) mass is 385 g/mol. The highest BCUT2D eigenvalue weighted by Gasteiger charge is 2.14. The second-order valence-electron chi connectivity index (χ2n) is 7.82. The molecular weight excluding hydrogens is 362 g/mol. The summed E-state index contributed by atoms with van der Waals surface area (Å²) in [5, 5.41) is 14.0.